The zero-order chi connectivity index (χ0) is 20.6. The van der Waals surface area contributed by atoms with E-state index in [0.29, 0.717) is 40.9 Å². The van der Waals surface area contributed by atoms with Crippen LogP contribution in [0.25, 0.3) is 0 Å². The summed E-state index contributed by atoms with van der Waals surface area (Å²) in [5.41, 5.74) is 1.99. The standard InChI is InChI=1S/C21H22N4O4/c1-27-17-9-15(10-18(28-2)20(17)29-3)21(26)25-16-6-7-19(24-13-16)23-12-14-5-4-8-22-11-14/h4-11,13H,12H2,1-3H3,(H,23,24)(H,25,26). The van der Waals surface area contributed by atoms with Gasteiger partial charge in [-0.15, -0.1) is 0 Å². The lowest BCUT2D eigenvalue weighted by Crippen LogP contribution is -2.13. The molecule has 0 spiro atoms. The maximum atomic E-state index is 12.6. The lowest BCUT2D eigenvalue weighted by Gasteiger charge is -2.14. The molecule has 1 aromatic carbocycles. The monoisotopic (exact) mass is 394 g/mol. The highest BCUT2D eigenvalue weighted by Crippen LogP contribution is 2.38. The van der Waals surface area contributed by atoms with Crippen LogP contribution in [0.2, 0.25) is 0 Å². The first kappa shape index (κ1) is 19.9. The Morgan fingerprint density at radius 3 is 2.31 bits per heavy atom. The van der Waals surface area contributed by atoms with E-state index in [1.54, 1.807) is 42.9 Å². The normalized spacial score (nSPS) is 10.2. The van der Waals surface area contributed by atoms with Gasteiger partial charge in [-0.05, 0) is 35.9 Å². The number of anilines is 2. The molecule has 0 fully saturated rings. The number of nitrogens with one attached hydrogen (secondary N) is 2. The summed E-state index contributed by atoms with van der Waals surface area (Å²) in [5, 5.41) is 6.01. The number of carbonyl (C=O) groups excluding carboxylic acids is 1. The lowest BCUT2D eigenvalue weighted by molar-refractivity contribution is 0.102. The van der Waals surface area contributed by atoms with Crippen molar-refractivity contribution in [3.05, 3.63) is 66.1 Å². The van der Waals surface area contributed by atoms with Gasteiger partial charge in [0.1, 0.15) is 5.82 Å². The maximum Gasteiger partial charge on any atom is 0.255 e. The molecule has 1 amide bonds. The Bertz CT molecular complexity index is 937. The predicted molar refractivity (Wildman–Crippen MR) is 110 cm³/mol. The number of hydrogen-bond acceptors (Lipinski definition) is 7. The molecular formula is C21H22N4O4. The lowest BCUT2D eigenvalue weighted by atomic mass is 10.1. The third kappa shape index (κ3) is 4.92. The topological polar surface area (TPSA) is 94.6 Å². The van der Waals surface area contributed by atoms with Crippen LogP contribution in [-0.2, 0) is 6.54 Å². The van der Waals surface area contributed by atoms with E-state index in [1.165, 1.54) is 21.3 Å². The minimum absolute atomic E-state index is 0.317. The van der Waals surface area contributed by atoms with Gasteiger partial charge >= 0.3 is 0 Å². The Morgan fingerprint density at radius 2 is 1.76 bits per heavy atom. The fraction of sp³-hybridized carbons (Fsp3) is 0.190. The summed E-state index contributed by atoms with van der Waals surface area (Å²) in [4.78, 5) is 21.0. The number of aromatic nitrogens is 2. The summed E-state index contributed by atoms with van der Waals surface area (Å²) < 4.78 is 15.9. The molecule has 0 unspecified atom stereocenters. The molecule has 3 rings (SSSR count). The van der Waals surface area contributed by atoms with Crippen LogP contribution in [0.1, 0.15) is 15.9 Å². The van der Waals surface area contributed by atoms with E-state index in [9.17, 15) is 4.79 Å². The van der Waals surface area contributed by atoms with Gasteiger partial charge in [-0.3, -0.25) is 9.78 Å². The van der Waals surface area contributed by atoms with E-state index in [4.69, 9.17) is 14.2 Å². The van der Waals surface area contributed by atoms with E-state index in [-0.39, 0.29) is 5.91 Å². The molecule has 0 aliphatic carbocycles. The molecule has 2 aromatic heterocycles. The van der Waals surface area contributed by atoms with Gasteiger partial charge in [0.15, 0.2) is 11.5 Å². The molecule has 0 atom stereocenters. The summed E-state index contributed by atoms with van der Waals surface area (Å²) >= 11 is 0. The Labute approximate surface area is 168 Å². The largest absolute Gasteiger partial charge is 0.493 e. The molecule has 8 heteroatoms. The van der Waals surface area contributed by atoms with Gasteiger partial charge in [0.05, 0.1) is 33.2 Å². The second-order valence-electron chi connectivity index (χ2n) is 6.02. The van der Waals surface area contributed by atoms with Crippen LogP contribution in [0.3, 0.4) is 0 Å². The summed E-state index contributed by atoms with van der Waals surface area (Å²) in [6.45, 7) is 0.609. The summed E-state index contributed by atoms with van der Waals surface area (Å²) in [6, 6.07) is 10.6. The number of benzene rings is 1. The molecule has 8 nitrogen and oxygen atoms in total. The predicted octanol–water partition coefficient (Wildman–Crippen LogP) is 3.37. The number of hydrogen-bond donors (Lipinski definition) is 2. The number of carbonyl (C=O) groups is 1. The first-order valence-corrected chi connectivity index (χ1v) is 8.84. The third-order valence-electron chi connectivity index (χ3n) is 4.14. The molecule has 3 aromatic rings. The van der Waals surface area contributed by atoms with Crippen LogP contribution in [0.5, 0.6) is 17.2 Å². The van der Waals surface area contributed by atoms with Gasteiger partial charge in [-0.2, -0.15) is 0 Å². The molecule has 2 N–H and O–H groups in total. The van der Waals surface area contributed by atoms with Crippen molar-refractivity contribution >= 4 is 17.4 Å². The molecule has 0 saturated heterocycles. The van der Waals surface area contributed by atoms with Crippen molar-refractivity contribution in [3.8, 4) is 17.2 Å². The van der Waals surface area contributed by atoms with Crippen LogP contribution in [0.4, 0.5) is 11.5 Å². The number of amides is 1. The van der Waals surface area contributed by atoms with Crippen molar-refractivity contribution in [2.24, 2.45) is 0 Å². The van der Waals surface area contributed by atoms with Gasteiger partial charge in [0, 0.05) is 24.5 Å². The van der Waals surface area contributed by atoms with Crippen molar-refractivity contribution in [2.75, 3.05) is 32.0 Å². The first-order chi connectivity index (χ1) is 14.1. The molecule has 0 saturated carbocycles. The summed E-state index contributed by atoms with van der Waals surface area (Å²) in [5.74, 6) is 1.62. The smallest absolute Gasteiger partial charge is 0.255 e. The average molecular weight is 394 g/mol. The SMILES string of the molecule is COc1cc(C(=O)Nc2ccc(NCc3cccnc3)nc2)cc(OC)c1OC. The van der Waals surface area contributed by atoms with Gasteiger partial charge < -0.3 is 24.8 Å². The van der Waals surface area contributed by atoms with Crippen molar-refractivity contribution in [1.29, 1.82) is 0 Å². The Hall–Kier alpha value is -3.81. The summed E-state index contributed by atoms with van der Waals surface area (Å²) in [6.07, 6.45) is 5.10. The van der Waals surface area contributed by atoms with E-state index >= 15 is 0 Å². The minimum Gasteiger partial charge on any atom is -0.493 e. The van der Waals surface area contributed by atoms with Crippen LogP contribution in [-0.4, -0.2) is 37.2 Å². The second-order valence-corrected chi connectivity index (χ2v) is 6.02. The van der Waals surface area contributed by atoms with Gasteiger partial charge in [-0.25, -0.2) is 4.98 Å². The van der Waals surface area contributed by atoms with E-state index in [1.807, 2.05) is 12.1 Å². The quantitative estimate of drug-likeness (QED) is 0.605. The zero-order valence-corrected chi connectivity index (χ0v) is 16.4. The van der Waals surface area contributed by atoms with Crippen LogP contribution >= 0.6 is 0 Å². The number of nitrogens with zero attached hydrogens (tertiary/aromatic N) is 2. The van der Waals surface area contributed by atoms with E-state index in [2.05, 4.69) is 20.6 Å². The van der Waals surface area contributed by atoms with Gasteiger partial charge in [0.25, 0.3) is 5.91 Å². The van der Waals surface area contributed by atoms with Crippen molar-refractivity contribution in [3.63, 3.8) is 0 Å². The third-order valence-corrected chi connectivity index (χ3v) is 4.14. The number of rotatable bonds is 8. The fourth-order valence-electron chi connectivity index (χ4n) is 2.68. The van der Waals surface area contributed by atoms with Crippen molar-refractivity contribution in [2.45, 2.75) is 6.54 Å². The van der Waals surface area contributed by atoms with Crippen molar-refractivity contribution in [1.82, 2.24) is 9.97 Å². The average Bonchev–Trinajstić information content (AvgIpc) is 2.78. The van der Waals surface area contributed by atoms with Crippen LogP contribution in [0, 0.1) is 0 Å². The number of pyridine rings is 2. The molecular weight excluding hydrogens is 372 g/mol. The molecule has 0 bridgehead atoms. The maximum absolute atomic E-state index is 12.6. The van der Waals surface area contributed by atoms with Gasteiger partial charge in [0.2, 0.25) is 5.75 Å². The minimum atomic E-state index is -0.317. The van der Waals surface area contributed by atoms with E-state index in [0.717, 1.165) is 5.56 Å². The highest BCUT2D eigenvalue weighted by Gasteiger charge is 2.17. The Morgan fingerprint density at radius 1 is 1.00 bits per heavy atom. The van der Waals surface area contributed by atoms with Gasteiger partial charge in [-0.1, -0.05) is 6.07 Å². The van der Waals surface area contributed by atoms with Crippen molar-refractivity contribution < 1.29 is 19.0 Å². The number of methoxy groups -OCH3 is 3. The number of ether oxygens (including phenoxy) is 3. The van der Waals surface area contributed by atoms with E-state index < -0.39 is 0 Å². The Balaban J connectivity index is 1.67. The Kier molecular flexibility index (Phi) is 6.47. The highest BCUT2D eigenvalue weighted by atomic mass is 16.5. The molecule has 0 aliphatic heterocycles. The van der Waals surface area contributed by atoms with Crippen LogP contribution < -0.4 is 24.8 Å². The summed E-state index contributed by atoms with van der Waals surface area (Å²) in [7, 11) is 4.51. The van der Waals surface area contributed by atoms with Crippen LogP contribution in [0.15, 0.2) is 55.0 Å². The molecule has 0 aliphatic rings. The molecule has 0 radical (unpaired) electrons. The highest BCUT2D eigenvalue weighted by molar-refractivity contribution is 6.05. The fourth-order valence-corrected chi connectivity index (χ4v) is 2.68. The molecule has 150 valence electrons. The zero-order valence-electron chi connectivity index (χ0n) is 16.4. The molecule has 2 heterocycles. The first-order valence-electron chi connectivity index (χ1n) is 8.84. The molecule has 29 heavy (non-hydrogen) atoms. The second kappa shape index (κ2) is 9.41.